The molecule has 12 heteroatoms. The molecule has 2 aromatic rings. The molecule has 9 atom stereocenters. The van der Waals surface area contributed by atoms with Gasteiger partial charge in [0.15, 0.2) is 23.5 Å². The Morgan fingerprint density at radius 1 is 1.12 bits per heavy atom. The fraction of sp³-hybridized carbons (Fsp3) is 0.500. The van der Waals surface area contributed by atoms with Gasteiger partial charge in [-0.25, -0.2) is 4.57 Å². The van der Waals surface area contributed by atoms with Crippen LogP contribution in [-0.4, -0.2) is 56.0 Å². The molecule has 11 nitrogen and oxygen atoms in total. The highest BCUT2D eigenvalue weighted by atomic mass is 31.2. The molecule has 256 valence electrons. The van der Waals surface area contributed by atoms with Gasteiger partial charge in [0.2, 0.25) is 0 Å². The maximum Gasteiger partial charge on any atom is 0.470 e. The smallest absolute Gasteiger partial charge is 0.398 e. The van der Waals surface area contributed by atoms with Gasteiger partial charge in [-0.05, 0) is 73.3 Å². The van der Waals surface area contributed by atoms with E-state index in [1.54, 1.807) is 18.2 Å². The summed E-state index contributed by atoms with van der Waals surface area (Å²) in [5, 5.41) is 21.3. The summed E-state index contributed by atoms with van der Waals surface area (Å²) in [7, 11) is -4.97. The van der Waals surface area contributed by atoms with Crippen molar-refractivity contribution in [1.29, 1.82) is 0 Å². The summed E-state index contributed by atoms with van der Waals surface area (Å²) in [5.41, 5.74) is 7.87. The molecule has 48 heavy (non-hydrogen) atoms. The summed E-state index contributed by atoms with van der Waals surface area (Å²) in [4.78, 5) is 45.4. The van der Waals surface area contributed by atoms with Crippen LogP contribution in [0.15, 0.2) is 66.3 Å². The normalized spacial score (nSPS) is 37.0. The van der Waals surface area contributed by atoms with Gasteiger partial charge in [0.25, 0.3) is 0 Å². The molecular weight excluding hydrogens is 637 g/mol. The van der Waals surface area contributed by atoms with E-state index >= 15 is 0 Å². The van der Waals surface area contributed by atoms with Gasteiger partial charge in [-0.2, -0.15) is 0 Å². The number of rotatable bonds is 8. The fourth-order valence-electron chi connectivity index (χ4n) is 9.89. The first-order chi connectivity index (χ1) is 22.7. The van der Waals surface area contributed by atoms with Crippen molar-refractivity contribution in [3.8, 4) is 0 Å². The summed E-state index contributed by atoms with van der Waals surface area (Å²) in [6.07, 6.45) is 5.36. The summed E-state index contributed by atoms with van der Waals surface area (Å²) in [6.45, 7) is 3.01. The number of benzene rings is 2. The standard InChI is InChI=1S/C36H42NO10P/c1-34-12-11-25(39)15-24(34)9-10-26-27-16-31-36(30(41)19-45-48(42,43)44,35(27,2)17-29(40)32(26)34)47-33(46-31)22-6-3-20(4-7-22)13-21-5-8-23(18-38)28(37)14-21/h3-8,11-12,14-15,26-27,29,31-33,38,40H,9-10,13,16-19,37H2,1-2H3,(H2,42,43,44)/t26-,27-,29-,31+,32+,33+,34-,35-,36+/m0/s1. The second-order valence-corrected chi connectivity index (χ2v) is 15.8. The molecule has 5 aliphatic rings. The number of anilines is 1. The molecule has 0 aromatic heterocycles. The van der Waals surface area contributed by atoms with Crippen molar-refractivity contribution in [2.45, 2.75) is 76.7 Å². The van der Waals surface area contributed by atoms with Crippen LogP contribution in [0.1, 0.15) is 68.1 Å². The Hall–Kier alpha value is -2.99. The van der Waals surface area contributed by atoms with E-state index in [1.165, 1.54) is 0 Å². The molecule has 3 saturated carbocycles. The van der Waals surface area contributed by atoms with Crippen LogP contribution in [-0.2, 0) is 41.2 Å². The van der Waals surface area contributed by atoms with Crippen molar-refractivity contribution < 1.29 is 48.2 Å². The number of Topliss-reactive ketones (excluding diaryl/α,β-unsaturated/α-hetero) is 1. The summed E-state index contributed by atoms with van der Waals surface area (Å²) < 4.78 is 29.7. The minimum Gasteiger partial charge on any atom is -0.398 e. The van der Waals surface area contributed by atoms with Gasteiger partial charge in [-0.3, -0.25) is 14.1 Å². The van der Waals surface area contributed by atoms with Gasteiger partial charge in [0.05, 0.1) is 18.8 Å². The minimum atomic E-state index is -4.97. The van der Waals surface area contributed by atoms with Crippen molar-refractivity contribution >= 4 is 25.1 Å². The molecule has 1 heterocycles. The number of aliphatic hydroxyl groups is 2. The second kappa shape index (κ2) is 11.8. The number of hydrogen-bond acceptors (Lipinski definition) is 9. The first-order valence-electron chi connectivity index (χ1n) is 16.4. The number of phosphoric acid groups is 1. The second-order valence-electron chi connectivity index (χ2n) is 14.6. The van der Waals surface area contributed by atoms with Crippen molar-refractivity contribution in [2.24, 2.45) is 28.6 Å². The fourth-order valence-corrected chi connectivity index (χ4v) is 10.2. The zero-order chi connectivity index (χ0) is 34.2. The molecule has 1 saturated heterocycles. The van der Waals surface area contributed by atoms with E-state index in [4.69, 9.17) is 19.7 Å². The zero-order valence-corrected chi connectivity index (χ0v) is 27.8. The minimum absolute atomic E-state index is 0.0119. The van der Waals surface area contributed by atoms with Crippen LogP contribution in [0.25, 0.3) is 0 Å². The molecule has 0 spiro atoms. The maximum absolute atomic E-state index is 14.2. The maximum atomic E-state index is 14.2. The molecule has 4 aliphatic carbocycles. The number of aliphatic hydroxyl groups excluding tert-OH is 2. The molecule has 2 aromatic carbocycles. The van der Waals surface area contributed by atoms with Crippen molar-refractivity contribution in [1.82, 2.24) is 0 Å². The highest BCUT2D eigenvalue weighted by Crippen LogP contribution is 2.70. The summed E-state index contributed by atoms with van der Waals surface area (Å²) in [5.74, 6) is -0.978. The van der Waals surface area contributed by atoms with E-state index < -0.39 is 55.1 Å². The lowest BCUT2D eigenvalue weighted by molar-refractivity contribution is -0.200. The Morgan fingerprint density at radius 3 is 2.54 bits per heavy atom. The van der Waals surface area contributed by atoms with Gasteiger partial charge in [0, 0.05) is 33.6 Å². The monoisotopic (exact) mass is 679 g/mol. The van der Waals surface area contributed by atoms with Crippen molar-refractivity contribution in [3.63, 3.8) is 0 Å². The number of ketones is 2. The first kappa shape index (κ1) is 33.5. The third kappa shape index (κ3) is 5.27. The molecule has 0 radical (unpaired) electrons. The number of carbonyl (C=O) groups is 2. The number of carbonyl (C=O) groups excluding carboxylic acids is 2. The number of nitrogens with two attached hydrogens (primary N) is 1. The zero-order valence-electron chi connectivity index (χ0n) is 27.0. The number of fused-ring (bicyclic) bond motifs is 7. The molecule has 0 bridgehead atoms. The number of hydrogen-bond donors (Lipinski definition) is 5. The van der Waals surface area contributed by atoms with Crippen LogP contribution >= 0.6 is 7.82 Å². The van der Waals surface area contributed by atoms with Gasteiger partial charge in [-0.15, -0.1) is 0 Å². The van der Waals surface area contributed by atoms with Gasteiger partial charge in [0.1, 0.15) is 6.61 Å². The van der Waals surface area contributed by atoms with Gasteiger partial charge in [-0.1, -0.05) is 61.9 Å². The SMILES string of the molecule is C[C@]12C=CC(=O)C=C1CC[C@@H]1[C@@H]2[C@@H](O)C[C@@]2(C)[C@H]1C[C@H]1O[C@@H](c3ccc(Cc4ccc(CO)c(N)c4)cc3)O[C@]12C(=O)COP(=O)(O)O. The van der Waals surface area contributed by atoms with E-state index in [-0.39, 0.29) is 36.6 Å². The largest absolute Gasteiger partial charge is 0.470 e. The molecule has 7 rings (SSSR count). The van der Waals surface area contributed by atoms with Crippen LogP contribution in [0.3, 0.4) is 0 Å². The molecule has 1 aliphatic heterocycles. The molecule has 4 fully saturated rings. The highest BCUT2D eigenvalue weighted by Gasteiger charge is 2.76. The molecule has 6 N–H and O–H groups in total. The Balaban J connectivity index is 1.18. The lowest BCUT2D eigenvalue weighted by Crippen LogP contribution is -2.63. The van der Waals surface area contributed by atoms with Crippen molar-refractivity contribution in [2.75, 3.05) is 12.3 Å². The number of phosphoric ester groups is 1. The molecule has 0 amide bonds. The van der Waals surface area contributed by atoms with Crippen LogP contribution in [0.2, 0.25) is 0 Å². The molecular formula is C36H42NO10P. The van der Waals surface area contributed by atoms with Crippen molar-refractivity contribution in [3.05, 3.63) is 88.5 Å². The van der Waals surface area contributed by atoms with E-state index in [2.05, 4.69) is 6.92 Å². The first-order valence-corrected chi connectivity index (χ1v) is 18.0. The Kier molecular flexibility index (Phi) is 8.25. The predicted octanol–water partition coefficient (Wildman–Crippen LogP) is 4.07. The average molecular weight is 680 g/mol. The third-order valence-corrected chi connectivity index (χ3v) is 12.5. The number of nitrogen functional groups attached to an aromatic ring is 1. The highest BCUT2D eigenvalue weighted by molar-refractivity contribution is 7.46. The van der Waals surface area contributed by atoms with Gasteiger partial charge < -0.3 is 35.2 Å². The van der Waals surface area contributed by atoms with E-state index in [1.807, 2.05) is 49.4 Å². The number of allylic oxidation sites excluding steroid dienone is 4. The number of ether oxygens (including phenoxy) is 2. The predicted molar refractivity (Wildman–Crippen MR) is 174 cm³/mol. The van der Waals surface area contributed by atoms with E-state index in [0.29, 0.717) is 36.1 Å². The van der Waals surface area contributed by atoms with Crippen LogP contribution in [0, 0.1) is 28.6 Å². The Labute approximate surface area is 279 Å². The summed E-state index contributed by atoms with van der Waals surface area (Å²) in [6, 6.07) is 13.2. The lowest BCUT2D eigenvalue weighted by atomic mass is 9.46. The molecule has 0 unspecified atom stereocenters. The quantitative estimate of drug-likeness (QED) is 0.200. The van der Waals surface area contributed by atoms with E-state index in [0.717, 1.165) is 23.1 Å². The van der Waals surface area contributed by atoms with Gasteiger partial charge >= 0.3 is 7.82 Å². The van der Waals surface area contributed by atoms with Crippen LogP contribution in [0.5, 0.6) is 0 Å². The topological polar surface area (TPSA) is 186 Å². The average Bonchev–Trinajstić information content (AvgIpc) is 3.53. The summed E-state index contributed by atoms with van der Waals surface area (Å²) >= 11 is 0. The lowest BCUT2D eigenvalue weighted by Gasteiger charge is -2.59. The Bertz CT molecular complexity index is 1750. The third-order valence-electron chi connectivity index (χ3n) is 12.1. The van der Waals surface area contributed by atoms with Crippen LogP contribution in [0.4, 0.5) is 5.69 Å². The van der Waals surface area contributed by atoms with Crippen LogP contribution < -0.4 is 5.73 Å². The van der Waals surface area contributed by atoms with E-state index in [9.17, 15) is 34.2 Å². The Morgan fingerprint density at radius 2 is 1.85 bits per heavy atom.